The number of hydrogen-bond donors (Lipinski definition) is 3. The summed E-state index contributed by atoms with van der Waals surface area (Å²) in [5.74, 6) is 0.409. The van der Waals surface area contributed by atoms with Gasteiger partial charge in [-0.05, 0) is 63.3 Å². The van der Waals surface area contributed by atoms with E-state index in [1.807, 2.05) is 38.1 Å². The molecule has 5 rings (SSSR count). The van der Waals surface area contributed by atoms with E-state index in [4.69, 9.17) is 10.1 Å². The number of benzene rings is 1. The second kappa shape index (κ2) is 8.12. The Kier molecular flexibility index (Phi) is 5.22. The molecular formula is C24H27N7O3. The van der Waals surface area contributed by atoms with E-state index in [0.717, 1.165) is 22.2 Å². The highest BCUT2D eigenvalue weighted by Crippen LogP contribution is 2.35. The van der Waals surface area contributed by atoms with Crippen molar-refractivity contribution in [3.8, 4) is 0 Å². The summed E-state index contributed by atoms with van der Waals surface area (Å²) in [7, 11) is 1.72. The zero-order valence-electron chi connectivity index (χ0n) is 19.4. The van der Waals surface area contributed by atoms with Crippen molar-refractivity contribution in [1.82, 2.24) is 29.4 Å². The highest BCUT2D eigenvalue weighted by molar-refractivity contribution is 5.85. The highest BCUT2D eigenvalue weighted by Gasteiger charge is 2.34. The predicted octanol–water partition coefficient (Wildman–Crippen LogP) is 3.87. The first-order valence-electron chi connectivity index (χ1n) is 11.3. The Morgan fingerprint density at radius 2 is 2.00 bits per heavy atom. The molecule has 0 spiro atoms. The SMILES string of the molecule is Cc1cc2ncccc2cc1Nc1ncc2c(n1)n(C1CCC(C)(NC(=O)O)CC1)c(=O)n2C. The number of imidazole rings is 1. The van der Waals surface area contributed by atoms with Crippen molar-refractivity contribution >= 4 is 39.8 Å². The molecule has 3 N–H and O–H groups in total. The molecule has 1 fully saturated rings. The minimum absolute atomic E-state index is 0.0592. The molecule has 3 heterocycles. The number of carbonyl (C=O) groups is 1. The van der Waals surface area contributed by atoms with Crippen LogP contribution in [0, 0.1) is 6.92 Å². The molecule has 1 aliphatic carbocycles. The van der Waals surface area contributed by atoms with Crippen LogP contribution in [0.4, 0.5) is 16.4 Å². The largest absolute Gasteiger partial charge is 0.465 e. The number of amides is 1. The minimum atomic E-state index is -1.02. The number of aromatic nitrogens is 5. The average molecular weight is 462 g/mol. The summed E-state index contributed by atoms with van der Waals surface area (Å²) in [6.07, 6.45) is 5.07. The van der Waals surface area contributed by atoms with E-state index >= 15 is 0 Å². The van der Waals surface area contributed by atoms with Gasteiger partial charge in [-0.1, -0.05) is 6.07 Å². The van der Waals surface area contributed by atoms with Gasteiger partial charge < -0.3 is 15.7 Å². The zero-order chi connectivity index (χ0) is 24.0. The Hall–Kier alpha value is -3.95. The van der Waals surface area contributed by atoms with Crippen molar-refractivity contribution in [2.45, 2.75) is 51.1 Å². The van der Waals surface area contributed by atoms with E-state index in [2.05, 4.69) is 20.6 Å². The van der Waals surface area contributed by atoms with Gasteiger partial charge in [-0.3, -0.25) is 14.1 Å². The standard InChI is InChI=1S/C24H27N7O3/c1-14-11-18-15(5-4-10-25-18)12-17(14)27-21-26-13-19-20(28-21)31(23(34)30(19)3)16-6-8-24(2,9-7-16)29-22(32)33/h4-5,10-13,16,29H,6-9H2,1-3H3,(H,32,33)(H,26,27,28). The second-order valence-corrected chi connectivity index (χ2v) is 9.32. The van der Waals surface area contributed by atoms with Gasteiger partial charge in [-0.2, -0.15) is 4.98 Å². The maximum atomic E-state index is 13.1. The highest BCUT2D eigenvalue weighted by atomic mass is 16.4. The Labute approximate surface area is 195 Å². The van der Waals surface area contributed by atoms with Crippen LogP contribution in [-0.2, 0) is 7.05 Å². The molecule has 0 radical (unpaired) electrons. The van der Waals surface area contributed by atoms with Crippen LogP contribution in [-0.4, -0.2) is 40.8 Å². The van der Waals surface area contributed by atoms with Crippen molar-refractivity contribution in [3.63, 3.8) is 0 Å². The van der Waals surface area contributed by atoms with Crippen LogP contribution in [0.25, 0.3) is 22.1 Å². The van der Waals surface area contributed by atoms with Gasteiger partial charge in [0.1, 0.15) is 5.52 Å². The van der Waals surface area contributed by atoms with E-state index in [1.54, 1.807) is 28.6 Å². The molecule has 0 unspecified atom stereocenters. The first-order valence-corrected chi connectivity index (χ1v) is 11.3. The number of nitrogens with one attached hydrogen (secondary N) is 2. The van der Waals surface area contributed by atoms with Crippen LogP contribution >= 0.6 is 0 Å². The summed E-state index contributed by atoms with van der Waals surface area (Å²) in [6, 6.07) is 7.87. The third-order valence-corrected chi connectivity index (χ3v) is 6.86. The molecule has 0 saturated heterocycles. The fourth-order valence-corrected chi connectivity index (χ4v) is 4.89. The van der Waals surface area contributed by atoms with E-state index in [1.165, 1.54) is 0 Å². The monoisotopic (exact) mass is 461 g/mol. The van der Waals surface area contributed by atoms with Crippen LogP contribution in [0.3, 0.4) is 0 Å². The van der Waals surface area contributed by atoms with Gasteiger partial charge in [-0.15, -0.1) is 0 Å². The predicted molar refractivity (Wildman–Crippen MR) is 130 cm³/mol. The Morgan fingerprint density at radius 3 is 2.74 bits per heavy atom. The molecule has 1 aliphatic rings. The van der Waals surface area contributed by atoms with Crippen molar-refractivity contribution < 1.29 is 9.90 Å². The summed E-state index contributed by atoms with van der Waals surface area (Å²) in [6.45, 7) is 3.91. The van der Waals surface area contributed by atoms with E-state index in [9.17, 15) is 9.59 Å². The lowest BCUT2D eigenvalue weighted by molar-refractivity contribution is 0.158. The van der Waals surface area contributed by atoms with Crippen molar-refractivity contribution in [1.29, 1.82) is 0 Å². The van der Waals surface area contributed by atoms with E-state index in [-0.39, 0.29) is 11.7 Å². The van der Waals surface area contributed by atoms with Crippen LogP contribution in [0.15, 0.2) is 41.5 Å². The normalized spacial score (nSPS) is 20.5. The van der Waals surface area contributed by atoms with E-state index < -0.39 is 11.6 Å². The lowest BCUT2D eigenvalue weighted by Gasteiger charge is -2.37. The molecule has 10 nitrogen and oxygen atoms in total. The molecule has 4 aromatic rings. The minimum Gasteiger partial charge on any atom is -0.465 e. The summed E-state index contributed by atoms with van der Waals surface area (Å²) < 4.78 is 3.30. The third-order valence-electron chi connectivity index (χ3n) is 6.86. The molecule has 1 saturated carbocycles. The summed E-state index contributed by atoms with van der Waals surface area (Å²) in [4.78, 5) is 37.8. The van der Waals surface area contributed by atoms with Crippen LogP contribution in [0.2, 0.25) is 0 Å². The third kappa shape index (κ3) is 3.85. The van der Waals surface area contributed by atoms with Crippen LogP contribution < -0.4 is 16.3 Å². The van der Waals surface area contributed by atoms with Gasteiger partial charge >= 0.3 is 11.8 Å². The summed E-state index contributed by atoms with van der Waals surface area (Å²) in [5.41, 5.74) is 3.41. The first kappa shape index (κ1) is 21.9. The Balaban J connectivity index is 1.48. The molecule has 1 aromatic carbocycles. The maximum Gasteiger partial charge on any atom is 0.405 e. The maximum absolute atomic E-state index is 13.1. The number of fused-ring (bicyclic) bond motifs is 2. The number of carboxylic acid groups (broad SMARTS) is 1. The number of hydrogen-bond acceptors (Lipinski definition) is 6. The Morgan fingerprint density at radius 1 is 1.24 bits per heavy atom. The quantitative estimate of drug-likeness (QED) is 0.421. The first-order chi connectivity index (χ1) is 16.2. The average Bonchev–Trinajstić information content (AvgIpc) is 3.04. The van der Waals surface area contributed by atoms with Crippen LogP contribution in [0.5, 0.6) is 0 Å². The molecule has 34 heavy (non-hydrogen) atoms. The van der Waals surface area contributed by atoms with Crippen molar-refractivity contribution in [2.24, 2.45) is 7.05 Å². The second-order valence-electron chi connectivity index (χ2n) is 9.32. The molecule has 176 valence electrons. The van der Waals surface area contributed by atoms with Gasteiger partial charge in [-0.25, -0.2) is 14.6 Å². The number of anilines is 2. The fourth-order valence-electron chi connectivity index (χ4n) is 4.89. The Bertz CT molecular complexity index is 1460. The molecule has 0 atom stereocenters. The summed E-state index contributed by atoms with van der Waals surface area (Å²) in [5, 5.41) is 16.1. The van der Waals surface area contributed by atoms with E-state index in [0.29, 0.717) is 42.8 Å². The topological polar surface area (TPSA) is 127 Å². The molecule has 3 aromatic heterocycles. The lowest BCUT2D eigenvalue weighted by Crippen LogP contribution is -2.48. The lowest BCUT2D eigenvalue weighted by atomic mass is 9.81. The van der Waals surface area contributed by atoms with Crippen LogP contribution in [0.1, 0.15) is 44.2 Å². The molecular weight excluding hydrogens is 434 g/mol. The number of aryl methyl sites for hydroxylation is 2. The fraction of sp³-hybridized carbons (Fsp3) is 0.375. The number of nitrogens with zero attached hydrogens (tertiary/aromatic N) is 5. The van der Waals surface area contributed by atoms with Crippen molar-refractivity contribution in [2.75, 3.05) is 5.32 Å². The molecule has 0 aliphatic heterocycles. The smallest absolute Gasteiger partial charge is 0.405 e. The van der Waals surface area contributed by atoms with Gasteiger partial charge in [0.05, 0.1) is 11.7 Å². The van der Waals surface area contributed by atoms with Gasteiger partial charge in [0, 0.05) is 35.9 Å². The van der Waals surface area contributed by atoms with Gasteiger partial charge in [0.2, 0.25) is 5.95 Å². The molecule has 0 bridgehead atoms. The zero-order valence-corrected chi connectivity index (χ0v) is 19.4. The molecule has 1 amide bonds. The number of rotatable bonds is 4. The number of pyridine rings is 1. The van der Waals surface area contributed by atoms with Gasteiger partial charge in [0.25, 0.3) is 0 Å². The van der Waals surface area contributed by atoms with Crippen molar-refractivity contribution in [3.05, 3.63) is 52.7 Å². The summed E-state index contributed by atoms with van der Waals surface area (Å²) >= 11 is 0. The molecule has 10 heteroatoms. The van der Waals surface area contributed by atoms with Gasteiger partial charge in [0.15, 0.2) is 5.65 Å².